The lowest BCUT2D eigenvalue weighted by atomic mass is 9.95. The van der Waals surface area contributed by atoms with Crippen molar-refractivity contribution in [3.63, 3.8) is 0 Å². The van der Waals surface area contributed by atoms with Crippen LogP contribution in [0.5, 0.6) is 0 Å². The molecule has 24 N–H and O–H groups in total. The molecule has 14 unspecified atom stereocenters. The molecule has 7 aliphatic rings. The van der Waals surface area contributed by atoms with Gasteiger partial charge >= 0.3 is 0 Å². The molecule has 119 heavy (non-hydrogen) atoms. The highest BCUT2D eigenvalue weighted by molar-refractivity contribution is 5.76. The Morgan fingerprint density at radius 2 is 0.546 bits per heavy atom. The van der Waals surface area contributed by atoms with Crippen molar-refractivity contribution in [3.8, 4) is 0 Å². The van der Waals surface area contributed by atoms with Crippen molar-refractivity contribution in [2.45, 2.75) is 434 Å². The third kappa shape index (κ3) is 30.2. The Balaban J connectivity index is 0.940. The minimum atomic E-state index is -2.34. The van der Waals surface area contributed by atoms with Gasteiger partial charge in [-0.3, -0.25) is 4.79 Å². The second kappa shape index (κ2) is 54.8. The van der Waals surface area contributed by atoms with Gasteiger partial charge in [0.2, 0.25) is 5.91 Å². The lowest BCUT2D eigenvalue weighted by Crippen LogP contribution is -2.68. The Kier molecular flexibility index (Phi) is 47.8. The molecule has 0 aromatic rings. The Bertz CT molecular complexity index is 2710. The molecule has 0 aromatic carbocycles. The zero-order chi connectivity index (χ0) is 86.8. The van der Waals surface area contributed by atoms with Crippen LogP contribution in [-0.2, 0) is 71.1 Å². The first-order valence-corrected chi connectivity index (χ1v) is 43.5. The van der Waals surface area contributed by atoms with Crippen LogP contribution in [0.25, 0.3) is 0 Å². The molecule has 0 aromatic heterocycles. The topological polar surface area (TPSA) is 624 Å². The number of hydrogen-bond donors (Lipinski definition) is 24. The summed E-state index contributed by atoms with van der Waals surface area (Å²) in [7, 11) is 0. The highest BCUT2D eigenvalue weighted by Crippen LogP contribution is 2.39. The predicted octanol–water partition coefficient (Wildman–Crippen LogP) is -4.11. The summed E-state index contributed by atoms with van der Waals surface area (Å²) in [6, 6.07) is -1.07. The number of allylic oxidation sites excluding steroid dienone is 1. The van der Waals surface area contributed by atoms with Gasteiger partial charge in [0.25, 0.3) is 0 Å². The van der Waals surface area contributed by atoms with E-state index in [4.69, 9.17) is 66.3 Å². The lowest BCUT2D eigenvalue weighted by molar-refractivity contribution is -0.400. The van der Waals surface area contributed by atoms with Crippen molar-refractivity contribution in [1.29, 1.82) is 0 Å². The third-order valence-corrected chi connectivity index (χ3v) is 23.5. The van der Waals surface area contributed by atoms with Crippen molar-refractivity contribution in [2.24, 2.45) is 0 Å². The summed E-state index contributed by atoms with van der Waals surface area (Å²) in [5, 5.41) is 257. The maximum Gasteiger partial charge on any atom is 0.220 e. The van der Waals surface area contributed by atoms with Gasteiger partial charge in [-0.1, -0.05) is 193 Å². The molecule has 39 nitrogen and oxygen atoms in total. The summed E-state index contributed by atoms with van der Waals surface area (Å²) in [6.45, 7) is -3.18. The largest absolute Gasteiger partial charge is 0.394 e. The summed E-state index contributed by atoms with van der Waals surface area (Å²) in [5.74, 6) is -0.344. The minimum Gasteiger partial charge on any atom is -0.394 e. The summed E-state index contributed by atoms with van der Waals surface area (Å²) in [4.78, 5) is 13.5. The van der Waals surface area contributed by atoms with Gasteiger partial charge in [-0.15, -0.1) is 0 Å². The summed E-state index contributed by atoms with van der Waals surface area (Å²) in [6.07, 6.45) is -34.5. The Morgan fingerprint density at radius 3 is 0.866 bits per heavy atom. The smallest absolute Gasteiger partial charge is 0.220 e. The van der Waals surface area contributed by atoms with E-state index in [9.17, 15) is 122 Å². The van der Waals surface area contributed by atoms with Crippen LogP contribution in [0.2, 0.25) is 0 Å². The van der Waals surface area contributed by atoms with Gasteiger partial charge in [0, 0.05) is 6.42 Å². The summed E-state index contributed by atoms with van der Waals surface area (Å²) >= 11 is 0. The molecule has 7 saturated heterocycles. The average Bonchev–Trinajstić information content (AvgIpc) is 0.773. The highest BCUT2D eigenvalue weighted by atomic mass is 16.8. The van der Waals surface area contributed by atoms with Crippen LogP contribution in [0.1, 0.15) is 206 Å². The maximum atomic E-state index is 13.5. The number of amides is 1. The van der Waals surface area contributed by atoms with E-state index in [1.807, 2.05) is 6.08 Å². The number of unbranched alkanes of at least 4 members (excludes halogenated alkanes) is 27. The molecule has 0 saturated carbocycles. The quantitative estimate of drug-likeness (QED) is 0.0203. The number of hydrogen-bond acceptors (Lipinski definition) is 38. The maximum absolute atomic E-state index is 13.5. The van der Waals surface area contributed by atoms with Crippen LogP contribution in [0.3, 0.4) is 0 Å². The fraction of sp³-hybridized carbons (Fsp3) is 0.963. The summed E-state index contributed by atoms with van der Waals surface area (Å²) < 4.78 is 80.7. The first-order chi connectivity index (χ1) is 57.3. The number of carbonyl (C=O) groups excluding carboxylic acids is 1. The SMILES string of the molecule is CCCCCCCCCCCCC/C=C/[C@@H](O)[C@H](CO[C@@H]1OC(CO)[C@@H](O[C@@H]2OC(CO)[C@H](O[C@@H]3OC(CO)[C@H](O)[C@H](O[C@H]4OC(CO)[C@H](O)[C@H](O[C@H]5OC(CO)[C@H](O)[C@H](O[C@H]6OC(CO)[C@H](O)[C@H](O[C@H]7OC(CO)[C@H](O)[C@H](O)C7O)C6O)C5O)C4O)C3O)[C@H](O)C2O)[C@H](O)C1O)NC(=O)CCCCCCCCCCCCCCCCCCC. The van der Waals surface area contributed by atoms with Crippen molar-refractivity contribution < 1.29 is 189 Å². The number of aliphatic hydroxyl groups is 23. The zero-order valence-electron chi connectivity index (χ0n) is 68.8. The second-order valence-electron chi connectivity index (χ2n) is 32.7. The molecule has 0 aliphatic carbocycles. The van der Waals surface area contributed by atoms with Crippen LogP contribution >= 0.6 is 0 Å². The fourth-order valence-corrected chi connectivity index (χ4v) is 16.1. The molecule has 0 bridgehead atoms. The van der Waals surface area contributed by atoms with E-state index in [1.54, 1.807) is 6.08 Å². The van der Waals surface area contributed by atoms with Crippen molar-refractivity contribution in [2.75, 3.05) is 52.9 Å². The minimum absolute atomic E-state index is 0.174. The second-order valence-corrected chi connectivity index (χ2v) is 32.7. The Labute approximate surface area is 695 Å². The Morgan fingerprint density at radius 1 is 0.294 bits per heavy atom. The monoisotopic (exact) mass is 1730 g/mol. The van der Waals surface area contributed by atoms with Gasteiger partial charge < -0.3 is 189 Å². The normalized spacial score (nSPS) is 39.8. The molecule has 7 heterocycles. The molecular formula is C80H145NO38. The van der Waals surface area contributed by atoms with Crippen LogP contribution in [0.15, 0.2) is 12.2 Å². The number of carbonyl (C=O) groups is 1. The number of rotatable bonds is 55. The molecular weight excluding hydrogens is 1580 g/mol. The molecule has 7 fully saturated rings. The molecule has 7 rings (SSSR count). The van der Waals surface area contributed by atoms with Gasteiger partial charge in [-0.05, 0) is 19.3 Å². The van der Waals surface area contributed by atoms with E-state index in [2.05, 4.69) is 19.2 Å². The summed E-state index contributed by atoms with van der Waals surface area (Å²) in [5.41, 5.74) is 0. The van der Waals surface area contributed by atoms with E-state index in [0.717, 1.165) is 51.4 Å². The molecule has 1 amide bonds. The average molecular weight is 1730 g/mol. The van der Waals surface area contributed by atoms with Gasteiger partial charge in [0.15, 0.2) is 44.0 Å². The van der Waals surface area contributed by atoms with Crippen LogP contribution in [0.4, 0.5) is 0 Å². The molecule has 7 aliphatic heterocycles. The number of nitrogens with one attached hydrogen (secondary N) is 1. The van der Waals surface area contributed by atoms with Gasteiger partial charge in [0.05, 0.1) is 65.0 Å². The van der Waals surface area contributed by atoms with Gasteiger partial charge in [0.1, 0.15) is 171 Å². The molecule has 0 spiro atoms. The van der Waals surface area contributed by atoms with Gasteiger partial charge in [-0.2, -0.15) is 0 Å². The van der Waals surface area contributed by atoms with Crippen molar-refractivity contribution >= 4 is 5.91 Å². The van der Waals surface area contributed by atoms with Crippen LogP contribution in [0, 0.1) is 0 Å². The third-order valence-electron chi connectivity index (χ3n) is 23.5. The van der Waals surface area contributed by atoms with Crippen LogP contribution in [-0.4, -0.2) is 403 Å². The zero-order valence-corrected chi connectivity index (χ0v) is 68.8. The standard InChI is InChI=1S/C80H145NO38/c1-3-5-7-9-11-13-15-17-18-19-20-22-24-26-28-30-32-34-52(90)81-43(44(89)33-31-29-27-25-23-21-16-14-12-10-8-6-4-2)42-106-74-62(100)59(97)68(50(40-87)112-74)114-76-63(101)60(98)69(51(41-88)113-76)115-77-64(102)71(55(93)46(36-83)108-77)117-79-66(104)73(57(95)48(38-85)110-79)119-80-67(105)72(56(94)49(39-86)111-80)118-78-65(103)70(54(92)47(37-84)109-78)116-75-61(99)58(96)53(91)45(35-82)107-75/h31,33,43-51,53-80,82-89,91-105H,3-30,32,34-42H2,1-2H3,(H,81,90)/b33-31+/t43-,44+,45?,46?,47?,48?,49?,50?,51?,53-,54-,55-,56-,57-,58-,59+,60+,61?,62?,63?,64?,65?,66?,67?,68+,69-,70-,71-,72-,73-,74+,75+,76-,77-,78+,79+,80+/m0/s1. The van der Waals surface area contributed by atoms with Gasteiger partial charge in [-0.25, -0.2) is 0 Å². The van der Waals surface area contributed by atoms with Crippen molar-refractivity contribution in [1.82, 2.24) is 5.32 Å². The molecule has 698 valence electrons. The highest BCUT2D eigenvalue weighted by Gasteiger charge is 2.59. The molecule has 0 radical (unpaired) electrons. The number of ether oxygens (including phenoxy) is 14. The predicted molar refractivity (Wildman–Crippen MR) is 412 cm³/mol. The number of aliphatic hydroxyl groups excluding tert-OH is 23. The molecule has 37 atom stereocenters. The fourth-order valence-electron chi connectivity index (χ4n) is 16.1. The molecule has 39 heteroatoms. The van der Waals surface area contributed by atoms with E-state index in [1.165, 1.54) is 122 Å². The Hall–Kier alpha value is -2.27. The van der Waals surface area contributed by atoms with E-state index >= 15 is 0 Å². The first kappa shape index (κ1) is 104. The van der Waals surface area contributed by atoms with E-state index in [0.29, 0.717) is 12.8 Å². The van der Waals surface area contributed by atoms with E-state index < -0.39 is 280 Å². The van der Waals surface area contributed by atoms with Crippen molar-refractivity contribution in [3.05, 3.63) is 12.2 Å². The van der Waals surface area contributed by atoms with E-state index in [-0.39, 0.29) is 12.3 Å². The van der Waals surface area contributed by atoms with Crippen LogP contribution < -0.4 is 5.32 Å². The first-order valence-electron chi connectivity index (χ1n) is 43.5. The lowest BCUT2D eigenvalue weighted by Gasteiger charge is -2.50.